The molecule has 134 valence electrons. The van der Waals surface area contributed by atoms with Crippen LogP contribution in [0.4, 0.5) is 0 Å². The molecule has 5 rings (SSSR count). The van der Waals surface area contributed by atoms with Gasteiger partial charge in [0.2, 0.25) is 5.43 Å². The lowest BCUT2D eigenvalue weighted by Gasteiger charge is -2.05. The number of halogens is 1. The van der Waals surface area contributed by atoms with Crippen molar-refractivity contribution in [2.75, 3.05) is 0 Å². The third-order valence-corrected chi connectivity index (χ3v) is 7.53. The number of hydrogen-bond acceptors (Lipinski definition) is 1. The maximum Gasteiger partial charge on any atom is 0.204 e. The topological polar surface area (TPSA) is 17.1 Å². The molecular weight excluding hydrogens is 384 g/mol. The van der Waals surface area contributed by atoms with Gasteiger partial charge in [0.1, 0.15) is 0 Å². The molecule has 0 amide bonds. The van der Waals surface area contributed by atoms with Gasteiger partial charge in [-0.05, 0) is 59.7 Å². The Hall–Kier alpha value is -2.94. The van der Waals surface area contributed by atoms with Crippen LogP contribution in [0, 0.1) is 0 Å². The fourth-order valence-corrected chi connectivity index (χ4v) is 6.12. The number of fused-ring (bicyclic) bond motifs is 2. The zero-order chi connectivity index (χ0) is 19.1. The molecular formula is C25H16ClOS+. The van der Waals surface area contributed by atoms with Gasteiger partial charge in [0, 0.05) is 21.6 Å². The van der Waals surface area contributed by atoms with E-state index in [1.54, 1.807) is 6.07 Å². The van der Waals surface area contributed by atoms with Crippen molar-refractivity contribution in [1.82, 2.24) is 0 Å². The Morgan fingerprint density at radius 3 is 2.04 bits per heavy atom. The summed E-state index contributed by atoms with van der Waals surface area (Å²) in [6.07, 6.45) is 0. The van der Waals surface area contributed by atoms with Crippen LogP contribution in [0.25, 0.3) is 36.2 Å². The Morgan fingerprint density at radius 2 is 1.25 bits per heavy atom. The first-order valence-corrected chi connectivity index (χ1v) is 10.7. The van der Waals surface area contributed by atoms with Crippen molar-refractivity contribution in [3.05, 3.63) is 112 Å². The Kier molecular flexibility index (Phi) is 4.23. The Labute approximate surface area is 170 Å². The maximum absolute atomic E-state index is 13.0. The molecule has 5 aromatic rings. The van der Waals surface area contributed by atoms with Crippen LogP contribution in [0.1, 0.15) is 0 Å². The lowest BCUT2D eigenvalue weighted by molar-refractivity contribution is 1.63. The first kappa shape index (κ1) is 17.2. The van der Waals surface area contributed by atoms with Gasteiger partial charge in [0.15, 0.2) is 14.3 Å². The average molecular weight is 400 g/mol. The van der Waals surface area contributed by atoms with E-state index in [2.05, 4.69) is 42.5 Å². The molecule has 0 bridgehead atoms. The summed E-state index contributed by atoms with van der Waals surface area (Å²) in [4.78, 5) is 14.2. The van der Waals surface area contributed by atoms with E-state index in [1.807, 2.05) is 48.5 Å². The fraction of sp³-hybridized carbons (Fsp3) is 0. The molecule has 0 radical (unpaired) electrons. The predicted octanol–water partition coefficient (Wildman–Crippen LogP) is 7.41. The first-order chi connectivity index (χ1) is 13.7. The fourth-order valence-electron chi connectivity index (χ4n) is 3.62. The lowest BCUT2D eigenvalue weighted by atomic mass is 10.1. The van der Waals surface area contributed by atoms with Gasteiger partial charge in [-0.1, -0.05) is 54.1 Å². The van der Waals surface area contributed by atoms with E-state index in [9.17, 15) is 4.79 Å². The molecule has 0 aliphatic rings. The normalized spacial score (nSPS) is 11.8. The van der Waals surface area contributed by atoms with Gasteiger partial charge >= 0.3 is 0 Å². The van der Waals surface area contributed by atoms with Crippen LogP contribution in [0.15, 0.2) is 102 Å². The summed E-state index contributed by atoms with van der Waals surface area (Å²) in [5.74, 6) is 0. The predicted molar refractivity (Wildman–Crippen MR) is 122 cm³/mol. The van der Waals surface area contributed by atoms with E-state index in [1.165, 1.54) is 16.0 Å². The summed E-state index contributed by atoms with van der Waals surface area (Å²) in [6.45, 7) is 0. The van der Waals surface area contributed by atoms with Gasteiger partial charge in [0.05, 0.1) is 10.8 Å². The van der Waals surface area contributed by atoms with Crippen molar-refractivity contribution in [2.24, 2.45) is 0 Å². The zero-order valence-electron chi connectivity index (χ0n) is 14.9. The molecule has 0 saturated heterocycles. The van der Waals surface area contributed by atoms with Crippen LogP contribution < -0.4 is 5.43 Å². The SMILES string of the molecule is O=c1c2ccccc2[s+](-c2ccc(-c3ccccc3)cc2)c2ccc(Cl)cc12. The Morgan fingerprint density at radius 1 is 0.607 bits per heavy atom. The monoisotopic (exact) mass is 399 g/mol. The van der Waals surface area contributed by atoms with Crippen molar-refractivity contribution in [3.63, 3.8) is 0 Å². The number of rotatable bonds is 2. The standard InChI is InChI=1S/C25H16ClOS/c26-19-12-15-24-22(16-19)25(27)21-8-4-5-9-23(21)28(24)20-13-10-18(11-14-20)17-6-2-1-3-7-17/h1-16H/q+1. The van der Waals surface area contributed by atoms with Crippen molar-refractivity contribution >= 4 is 42.2 Å². The summed E-state index contributed by atoms with van der Waals surface area (Å²) in [7, 11) is -0.331. The van der Waals surface area contributed by atoms with Gasteiger partial charge in [-0.3, -0.25) is 4.79 Å². The van der Waals surface area contributed by atoms with Gasteiger partial charge < -0.3 is 0 Å². The zero-order valence-corrected chi connectivity index (χ0v) is 16.5. The second-order valence-corrected chi connectivity index (χ2v) is 9.06. The first-order valence-electron chi connectivity index (χ1n) is 9.05. The second-order valence-electron chi connectivity index (χ2n) is 6.66. The van der Waals surface area contributed by atoms with E-state index in [-0.39, 0.29) is 15.9 Å². The highest BCUT2D eigenvalue weighted by atomic mass is 35.5. The lowest BCUT2D eigenvalue weighted by Crippen LogP contribution is -2.02. The van der Waals surface area contributed by atoms with E-state index in [0.717, 1.165) is 14.8 Å². The van der Waals surface area contributed by atoms with Crippen molar-refractivity contribution < 1.29 is 0 Å². The molecule has 1 aromatic heterocycles. The molecule has 4 aromatic carbocycles. The molecule has 0 fully saturated rings. The minimum absolute atomic E-state index is 0.0535. The Balaban J connectivity index is 1.80. The van der Waals surface area contributed by atoms with E-state index in [0.29, 0.717) is 10.4 Å². The Bertz CT molecular complexity index is 1370. The second kappa shape index (κ2) is 6.90. The summed E-state index contributed by atoms with van der Waals surface area (Å²) in [5.41, 5.74) is 2.44. The van der Waals surface area contributed by atoms with Crippen LogP contribution >= 0.6 is 22.1 Å². The van der Waals surface area contributed by atoms with Crippen LogP contribution in [0.2, 0.25) is 5.02 Å². The van der Waals surface area contributed by atoms with E-state index in [4.69, 9.17) is 11.6 Å². The highest BCUT2D eigenvalue weighted by Crippen LogP contribution is 2.44. The summed E-state index contributed by atoms with van der Waals surface area (Å²) < 4.78 is 2.12. The van der Waals surface area contributed by atoms with Gasteiger partial charge in [-0.2, -0.15) is 0 Å². The number of benzene rings is 4. The van der Waals surface area contributed by atoms with Crippen molar-refractivity contribution in [3.8, 4) is 16.0 Å². The smallest absolute Gasteiger partial charge is 0.204 e. The van der Waals surface area contributed by atoms with Crippen molar-refractivity contribution in [2.45, 2.75) is 0 Å². The molecule has 3 heteroatoms. The molecule has 1 unspecified atom stereocenters. The van der Waals surface area contributed by atoms with Crippen LogP contribution in [-0.4, -0.2) is 0 Å². The van der Waals surface area contributed by atoms with Crippen LogP contribution in [0.5, 0.6) is 0 Å². The molecule has 0 N–H and O–H groups in total. The largest absolute Gasteiger partial charge is 0.288 e. The van der Waals surface area contributed by atoms with Gasteiger partial charge in [-0.15, -0.1) is 0 Å². The highest BCUT2D eigenvalue weighted by molar-refractivity contribution is 7.49. The van der Waals surface area contributed by atoms with Crippen LogP contribution in [-0.2, 0) is 0 Å². The third-order valence-electron chi connectivity index (χ3n) is 4.95. The third kappa shape index (κ3) is 2.82. The van der Waals surface area contributed by atoms with E-state index < -0.39 is 0 Å². The summed E-state index contributed by atoms with van der Waals surface area (Å²) in [5, 5.41) is 2.07. The molecule has 28 heavy (non-hydrogen) atoms. The molecule has 1 nitrogen and oxygen atoms in total. The molecule has 0 aliphatic carbocycles. The minimum atomic E-state index is -0.331. The number of hydrogen-bond donors (Lipinski definition) is 0. The molecule has 0 aliphatic heterocycles. The molecule has 1 heterocycles. The average Bonchev–Trinajstić information content (AvgIpc) is 2.75. The molecule has 0 saturated carbocycles. The summed E-state index contributed by atoms with van der Waals surface area (Å²) >= 11 is 6.20. The quantitative estimate of drug-likeness (QED) is 0.223. The minimum Gasteiger partial charge on any atom is -0.288 e. The highest BCUT2D eigenvalue weighted by Gasteiger charge is 2.22. The molecule has 0 spiro atoms. The summed E-state index contributed by atoms with van der Waals surface area (Å²) in [6, 6.07) is 32.6. The van der Waals surface area contributed by atoms with E-state index >= 15 is 0 Å². The molecule has 1 atom stereocenters. The maximum atomic E-state index is 13.0. The van der Waals surface area contributed by atoms with Gasteiger partial charge in [0.25, 0.3) is 0 Å². The van der Waals surface area contributed by atoms with Crippen molar-refractivity contribution in [1.29, 1.82) is 0 Å². The van der Waals surface area contributed by atoms with Crippen LogP contribution in [0.3, 0.4) is 0 Å². The van der Waals surface area contributed by atoms with Gasteiger partial charge in [-0.25, -0.2) is 0 Å².